The molecule has 0 saturated carbocycles. The SMILES string of the molecule is c1ccc(-c2ccc(-c3nc(-c4ccc5c(c4)c4ccccc4n5-c4ccccc4)nc(-c4cc(-n5c6ccccc6c6cc7ccccc7cc65)cc5oc6ccccc6c45)n3)cc2)cc1. The second-order valence-corrected chi connectivity index (χ2v) is 17.2. The number of furan rings is 1. The number of fused-ring (bicyclic) bond motifs is 10. The van der Waals surface area contributed by atoms with Crippen molar-refractivity contribution in [1.29, 1.82) is 0 Å². The number of benzene rings is 10. The second-order valence-electron chi connectivity index (χ2n) is 17.2. The normalized spacial score (nSPS) is 11.9. The van der Waals surface area contributed by atoms with Crippen molar-refractivity contribution in [3.8, 4) is 56.7 Å². The van der Waals surface area contributed by atoms with Gasteiger partial charge in [-0.1, -0.05) is 152 Å². The maximum Gasteiger partial charge on any atom is 0.164 e. The van der Waals surface area contributed by atoms with Gasteiger partial charge in [-0.2, -0.15) is 0 Å². The highest BCUT2D eigenvalue weighted by atomic mass is 16.3. The lowest BCUT2D eigenvalue weighted by Crippen LogP contribution is -2.02. The first-order chi connectivity index (χ1) is 33.2. The van der Waals surface area contributed by atoms with E-state index in [2.05, 4.69) is 215 Å². The average molecular weight is 856 g/mol. The molecule has 6 nitrogen and oxygen atoms in total. The van der Waals surface area contributed by atoms with Gasteiger partial charge in [0.1, 0.15) is 11.2 Å². The van der Waals surface area contributed by atoms with Gasteiger partial charge in [0, 0.05) is 60.8 Å². The zero-order valence-electron chi connectivity index (χ0n) is 36.0. The molecule has 0 radical (unpaired) electrons. The van der Waals surface area contributed by atoms with Crippen molar-refractivity contribution >= 4 is 76.3 Å². The number of hydrogen-bond acceptors (Lipinski definition) is 4. The van der Waals surface area contributed by atoms with Crippen LogP contribution in [0.25, 0.3) is 133 Å². The Balaban J connectivity index is 1.04. The molecular formula is C61H37N5O. The first-order valence-electron chi connectivity index (χ1n) is 22.6. The summed E-state index contributed by atoms with van der Waals surface area (Å²) in [5.74, 6) is 1.73. The van der Waals surface area contributed by atoms with Gasteiger partial charge in [-0.25, -0.2) is 15.0 Å². The van der Waals surface area contributed by atoms with Crippen molar-refractivity contribution in [2.45, 2.75) is 0 Å². The van der Waals surface area contributed by atoms with Gasteiger partial charge in [0.25, 0.3) is 0 Å². The zero-order chi connectivity index (χ0) is 44.0. The molecule has 0 fully saturated rings. The molecule has 0 saturated heterocycles. The molecule has 0 bridgehead atoms. The fourth-order valence-electron chi connectivity index (χ4n) is 10.2. The molecule has 67 heavy (non-hydrogen) atoms. The molecule has 10 aromatic carbocycles. The van der Waals surface area contributed by atoms with E-state index in [1.165, 1.54) is 21.5 Å². The monoisotopic (exact) mass is 855 g/mol. The van der Waals surface area contributed by atoms with Crippen LogP contribution in [-0.2, 0) is 0 Å². The van der Waals surface area contributed by atoms with Gasteiger partial charge in [-0.05, 0) is 88.6 Å². The quantitative estimate of drug-likeness (QED) is 0.167. The molecule has 0 N–H and O–H groups in total. The van der Waals surface area contributed by atoms with Gasteiger partial charge >= 0.3 is 0 Å². The van der Waals surface area contributed by atoms with Crippen LogP contribution in [0.3, 0.4) is 0 Å². The van der Waals surface area contributed by atoms with E-state index in [-0.39, 0.29) is 0 Å². The molecule has 0 aliphatic heterocycles. The Bertz CT molecular complexity index is 4260. The lowest BCUT2D eigenvalue weighted by atomic mass is 10.0. The number of hydrogen-bond donors (Lipinski definition) is 0. The molecule has 0 amide bonds. The summed E-state index contributed by atoms with van der Waals surface area (Å²) in [5.41, 5.74) is 13.0. The summed E-state index contributed by atoms with van der Waals surface area (Å²) in [7, 11) is 0. The Morgan fingerprint density at radius 1 is 0.299 bits per heavy atom. The van der Waals surface area contributed by atoms with Gasteiger partial charge < -0.3 is 13.6 Å². The van der Waals surface area contributed by atoms with Crippen LogP contribution in [-0.4, -0.2) is 24.1 Å². The van der Waals surface area contributed by atoms with Crippen LogP contribution in [0.2, 0.25) is 0 Å². The van der Waals surface area contributed by atoms with Crippen LogP contribution in [0.5, 0.6) is 0 Å². The molecule has 4 aromatic heterocycles. The molecule has 0 atom stereocenters. The minimum absolute atomic E-state index is 0.559. The van der Waals surface area contributed by atoms with Crippen LogP contribution in [0.4, 0.5) is 0 Å². The molecule has 14 rings (SSSR count). The first kappa shape index (κ1) is 37.3. The van der Waals surface area contributed by atoms with Crippen molar-refractivity contribution in [2.75, 3.05) is 0 Å². The van der Waals surface area contributed by atoms with Gasteiger partial charge in [0.05, 0.1) is 27.8 Å². The molecule has 6 heteroatoms. The highest BCUT2D eigenvalue weighted by molar-refractivity contribution is 6.16. The first-order valence-corrected chi connectivity index (χ1v) is 22.6. The lowest BCUT2D eigenvalue weighted by Gasteiger charge is -2.13. The standard InChI is InChI=1S/C61H37N5O/c1-3-15-38(16-4-1)39-27-29-40(30-28-39)59-62-60(43-31-32-54-49(34-43)46-21-9-12-24-52(46)65(54)44-19-5-2-6-20-44)64-61(63-59)51-36-45(37-57-58(51)48-23-11-14-26-56(48)67-57)66-53-25-13-10-22-47(53)50-33-41-17-7-8-18-42(41)35-55(50)66/h1-37H. The Morgan fingerprint density at radius 3 is 1.57 bits per heavy atom. The molecule has 0 aliphatic rings. The number of nitrogens with zero attached hydrogens (tertiary/aromatic N) is 5. The summed E-state index contributed by atoms with van der Waals surface area (Å²) in [6.45, 7) is 0. The maximum absolute atomic E-state index is 6.77. The van der Waals surface area contributed by atoms with E-state index in [1.54, 1.807) is 0 Å². The Labute approximate surface area is 384 Å². The van der Waals surface area contributed by atoms with Crippen LogP contribution in [0, 0.1) is 0 Å². The largest absolute Gasteiger partial charge is 0.456 e. The minimum atomic E-state index is 0.559. The molecule has 14 aromatic rings. The van der Waals surface area contributed by atoms with E-state index in [0.29, 0.717) is 17.5 Å². The molecule has 4 heterocycles. The smallest absolute Gasteiger partial charge is 0.164 e. The highest BCUT2D eigenvalue weighted by Gasteiger charge is 2.23. The van der Waals surface area contributed by atoms with Gasteiger partial charge in [0.15, 0.2) is 17.5 Å². The average Bonchev–Trinajstić information content (AvgIpc) is 4.05. The third-order valence-electron chi connectivity index (χ3n) is 13.3. The van der Waals surface area contributed by atoms with Crippen LogP contribution in [0.1, 0.15) is 0 Å². The Hall–Kier alpha value is -9.13. The number of aromatic nitrogens is 5. The third kappa shape index (κ3) is 5.93. The Morgan fingerprint density at radius 2 is 0.821 bits per heavy atom. The summed E-state index contributed by atoms with van der Waals surface area (Å²) >= 11 is 0. The summed E-state index contributed by atoms with van der Waals surface area (Å²) in [4.78, 5) is 16.2. The summed E-state index contributed by atoms with van der Waals surface area (Å²) < 4.78 is 11.5. The number of para-hydroxylation sites is 4. The van der Waals surface area contributed by atoms with Crippen molar-refractivity contribution in [3.63, 3.8) is 0 Å². The second kappa shape index (κ2) is 14.7. The fraction of sp³-hybridized carbons (Fsp3) is 0. The topological polar surface area (TPSA) is 61.7 Å². The zero-order valence-corrected chi connectivity index (χ0v) is 36.0. The summed E-state index contributed by atoms with van der Waals surface area (Å²) in [5, 5.41) is 8.99. The maximum atomic E-state index is 6.77. The van der Waals surface area contributed by atoms with Crippen molar-refractivity contribution in [2.24, 2.45) is 0 Å². The third-order valence-corrected chi connectivity index (χ3v) is 13.3. The molecule has 0 spiro atoms. The van der Waals surface area contributed by atoms with Crippen LogP contribution in [0.15, 0.2) is 229 Å². The van der Waals surface area contributed by atoms with E-state index in [0.717, 1.165) is 94.0 Å². The summed E-state index contributed by atoms with van der Waals surface area (Å²) in [6.07, 6.45) is 0. The van der Waals surface area contributed by atoms with Crippen molar-refractivity contribution in [3.05, 3.63) is 224 Å². The molecule has 0 aliphatic carbocycles. The van der Waals surface area contributed by atoms with Gasteiger partial charge in [0.2, 0.25) is 0 Å². The van der Waals surface area contributed by atoms with E-state index in [4.69, 9.17) is 19.4 Å². The van der Waals surface area contributed by atoms with E-state index < -0.39 is 0 Å². The summed E-state index contributed by atoms with van der Waals surface area (Å²) in [6, 6.07) is 79.1. The van der Waals surface area contributed by atoms with Gasteiger partial charge in [-0.3, -0.25) is 0 Å². The van der Waals surface area contributed by atoms with E-state index in [9.17, 15) is 0 Å². The van der Waals surface area contributed by atoms with Crippen LogP contribution < -0.4 is 0 Å². The molecule has 0 unspecified atom stereocenters. The number of rotatable bonds is 6. The predicted octanol–water partition coefficient (Wildman–Crippen LogP) is 15.8. The van der Waals surface area contributed by atoms with Crippen LogP contribution >= 0.6 is 0 Å². The molecular weight excluding hydrogens is 819 g/mol. The minimum Gasteiger partial charge on any atom is -0.456 e. The molecule has 312 valence electrons. The van der Waals surface area contributed by atoms with E-state index in [1.807, 2.05) is 18.2 Å². The van der Waals surface area contributed by atoms with Gasteiger partial charge in [-0.15, -0.1) is 0 Å². The Kier molecular flexibility index (Phi) is 8.18. The lowest BCUT2D eigenvalue weighted by molar-refractivity contribution is 0.668. The van der Waals surface area contributed by atoms with E-state index >= 15 is 0 Å². The fourth-order valence-corrected chi connectivity index (χ4v) is 10.2. The predicted molar refractivity (Wildman–Crippen MR) is 275 cm³/mol. The van der Waals surface area contributed by atoms with Crippen molar-refractivity contribution in [1.82, 2.24) is 24.1 Å². The van der Waals surface area contributed by atoms with Crippen molar-refractivity contribution < 1.29 is 4.42 Å². The highest BCUT2D eigenvalue weighted by Crippen LogP contribution is 2.42.